The van der Waals surface area contributed by atoms with Crippen LogP contribution in [0.5, 0.6) is 5.75 Å². The molecule has 1 amide bonds. The first-order valence-electron chi connectivity index (χ1n) is 10.4. The van der Waals surface area contributed by atoms with Gasteiger partial charge in [-0.1, -0.05) is 12.1 Å². The summed E-state index contributed by atoms with van der Waals surface area (Å²) in [6.45, 7) is 5.59. The van der Waals surface area contributed by atoms with Crippen molar-refractivity contribution in [3.05, 3.63) is 52.2 Å². The molecule has 1 unspecified atom stereocenters. The Morgan fingerprint density at radius 3 is 2.62 bits per heavy atom. The second-order valence-electron chi connectivity index (χ2n) is 8.06. The van der Waals surface area contributed by atoms with Gasteiger partial charge in [0.15, 0.2) is 0 Å². The number of hydrogen-bond donors (Lipinski definition) is 1. The van der Waals surface area contributed by atoms with Crippen molar-refractivity contribution in [1.29, 1.82) is 0 Å². The fourth-order valence-corrected chi connectivity index (χ4v) is 5.15. The standard InChI is InChI=1S/C23H30N2O2S.ClH/c1-2-27-20-6-3-18(4-7-20)5-8-22(26)25(16-19-9-14-28-17-19)21-15-23(21)10-12-24-13-11-23;/h3-4,6-7,9,14,17,21,24H,2,5,8,10-13,15-16H2,1H3;1H. The molecular formula is C23H31ClN2O2S. The maximum absolute atomic E-state index is 13.2. The molecule has 2 fully saturated rings. The third-order valence-corrected chi connectivity index (χ3v) is 6.97. The van der Waals surface area contributed by atoms with Crippen LogP contribution in [-0.4, -0.2) is 36.5 Å². The Morgan fingerprint density at radius 1 is 1.21 bits per heavy atom. The Morgan fingerprint density at radius 2 is 1.97 bits per heavy atom. The number of carbonyl (C=O) groups is 1. The number of amides is 1. The highest BCUT2D eigenvalue weighted by atomic mass is 35.5. The van der Waals surface area contributed by atoms with Gasteiger partial charge in [-0.3, -0.25) is 4.79 Å². The quantitative estimate of drug-likeness (QED) is 0.656. The Kier molecular flexibility index (Phi) is 7.60. The van der Waals surface area contributed by atoms with E-state index in [1.54, 1.807) is 11.3 Å². The Hall–Kier alpha value is -1.56. The smallest absolute Gasteiger partial charge is 0.223 e. The van der Waals surface area contributed by atoms with Crippen LogP contribution in [-0.2, 0) is 17.8 Å². The second kappa shape index (κ2) is 9.96. The number of nitrogens with one attached hydrogen (secondary N) is 1. The van der Waals surface area contributed by atoms with Crippen molar-refractivity contribution in [2.45, 2.75) is 51.6 Å². The van der Waals surface area contributed by atoms with E-state index >= 15 is 0 Å². The topological polar surface area (TPSA) is 41.6 Å². The number of halogens is 1. The summed E-state index contributed by atoms with van der Waals surface area (Å²) in [7, 11) is 0. The van der Waals surface area contributed by atoms with Gasteiger partial charge >= 0.3 is 0 Å². The molecule has 29 heavy (non-hydrogen) atoms. The molecule has 1 aromatic heterocycles. The monoisotopic (exact) mass is 434 g/mol. The van der Waals surface area contributed by atoms with Gasteiger partial charge in [0.1, 0.15) is 5.75 Å². The van der Waals surface area contributed by atoms with Crippen molar-refractivity contribution in [3.63, 3.8) is 0 Å². The minimum absolute atomic E-state index is 0. The Balaban J connectivity index is 0.00000240. The maximum atomic E-state index is 13.2. The first kappa shape index (κ1) is 22.1. The van der Waals surface area contributed by atoms with Gasteiger partial charge in [-0.2, -0.15) is 11.3 Å². The molecule has 1 N–H and O–H groups in total. The summed E-state index contributed by atoms with van der Waals surface area (Å²) in [5, 5.41) is 7.74. The Labute approximate surface area is 184 Å². The summed E-state index contributed by atoms with van der Waals surface area (Å²) in [6, 6.07) is 10.7. The Bertz CT molecular complexity index is 773. The highest BCUT2D eigenvalue weighted by Crippen LogP contribution is 2.56. The first-order chi connectivity index (χ1) is 13.7. The highest BCUT2D eigenvalue weighted by molar-refractivity contribution is 7.07. The van der Waals surface area contributed by atoms with E-state index < -0.39 is 0 Å². The average molecular weight is 435 g/mol. The summed E-state index contributed by atoms with van der Waals surface area (Å²) in [4.78, 5) is 15.4. The van der Waals surface area contributed by atoms with Crippen molar-refractivity contribution in [2.75, 3.05) is 19.7 Å². The van der Waals surface area contributed by atoms with Gasteiger partial charge in [-0.05, 0) is 91.2 Å². The molecule has 1 atom stereocenters. The summed E-state index contributed by atoms with van der Waals surface area (Å²) >= 11 is 1.71. The van der Waals surface area contributed by atoms with E-state index in [1.165, 1.54) is 30.4 Å². The molecular weight excluding hydrogens is 404 g/mol. The van der Waals surface area contributed by atoms with Gasteiger partial charge in [0.2, 0.25) is 5.91 Å². The average Bonchev–Trinajstić information content (AvgIpc) is 3.14. The van der Waals surface area contributed by atoms with Crippen LogP contribution < -0.4 is 10.1 Å². The van der Waals surface area contributed by atoms with E-state index in [2.05, 4.69) is 39.2 Å². The molecule has 0 radical (unpaired) electrons. The lowest BCUT2D eigenvalue weighted by atomic mass is 9.93. The molecule has 6 heteroatoms. The molecule has 1 aromatic carbocycles. The first-order valence-corrected chi connectivity index (χ1v) is 11.4. The fourth-order valence-electron chi connectivity index (χ4n) is 4.49. The molecule has 4 rings (SSSR count). The molecule has 1 aliphatic carbocycles. The van der Waals surface area contributed by atoms with Crippen LogP contribution in [0, 0.1) is 5.41 Å². The number of hydrogen-bond acceptors (Lipinski definition) is 4. The van der Waals surface area contributed by atoms with Crippen molar-refractivity contribution >= 4 is 29.7 Å². The zero-order valence-corrected chi connectivity index (χ0v) is 18.7. The number of thiophene rings is 1. The van der Waals surface area contributed by atoms with Crippen LogP contribution in [0.4, 0.5) is 0 Å². The zero-order valence-electron chi connectivity index (χ0n) is 17.1. The second-order valence-corrected chi connectivity index (χ2v) is 8.84. The van der Waals surface area contributed by atoms with Gasteiger partial charge in [0, 0.05) is 19.0 Å². The van der Waals surface area contributed by atoms with E-state index in [9.17, 15) is 4.79 Å². The van der Waals surface area contributed by atoms with Crippen LogP contribution in [0.25, 0.3) is 0 Å². The van der Waals surface area contributed by atoms with Gasteiger partial charge in [-0.25, -0.2) is 0 Å². The predicted molar refractivity (Wildman–Crippen MR) is 121 cm³/mol. The van der Waals surface area contributed by atoms with E-state index in [4.69, 9.17) is 4.74 Å². The van der Waals surface area contributed by atoms with E-state index in [1.807, 2.05) is 19.1 Å². The molecule has 2 heterocycles. The molecule has 1 saturated carbocycles. The van der Waals surface area contributed by atoms with Crippen molar-refractivity contribution in [1.82, 2.24) is 10.2 Å². The molecule has 4 nitrogen and oxygen atoms in total. The fraction of sp³-hybridized carbons (Fsp3) is 0.522. The number of benzene rings is 1. The van der Waals surface area contributed by atoms with E-state index in [0.717, 1.165) is 31.8 Å². The molecule has 158 valence electrons. The number of aryl methyl sites for hydroxylation is 1. The molecule has 2 aliphatic rings. The lowest BCUT2D eigenvalue weighted by molar-refractivity contribution is -0.133. The summed E-state index contributed by atoms with van der Waals surface area (Å²) < 4.78 is 5.51. The maximum Gasteiger partial charge on any atom is 0.223 e. The van der Waals surface area contributed by atoms with Crippen LogP contribution in [0.2, 0.25) is 0 Å². The van der Waals surface area contributed by atoms with Crippen LogP contribution in [0.15, 0.2) is 41.1 Å². The normalized spacial score (nSPS) is 19.4. The highest BCUT2D eigenvalue weighted by Gasteiger charge is 2.57. The van der Waals surface area contributed by atoms with Crippen molar-refractivity contribution < 1.29 is 9.53 Å². The van der Waals surface area contributed by atoms with Crippen LogP contribution >= 0.6 is 23.7 Å². The van der Waals surface area contributed by atoms with E-state index in [0.29, 0.717) is 30.4 Å². The summed E-state index contributed by atoms with van der Waals surface area (Å²) in [5.74, 6) is 1.18. The van der Waals surface area contributed by atoms with Gasteiger partial charge < -0.3 is 15.0 Å². The number of ether oxygens (including phenoxy) is 1. The lowest BCUT2D eigenvalue weighted by Gasteiger charge is -2.29. The minimum atomic E-state index is 0. The largest absolute Gasteiger partial charge is 0.494 e. The van der Waals surface area contributed by atoms with Gasteiger partial charge in [-0.15, -0.1) is 12.4 Å². The molecule has 2 aromatic rings. The summed E-state index contributed by atoms with van der Waals surface area (Å²) in [5.41, 5.74) is 2.82. The summed E-state index contributed by atoms with van der Waals surface area (Å²) in [6.07, 6.45) is 4.93. The third kappa shape index (κ3) is 5.33. The molecule has 1 saturated heterocycles. The third-order valence-electron chi connectivity index (χ3n) is 6.24. The zero-order chi connectivity index (χ0) is 19.4. The number of piperidine rings is 1. The minimum Gasteiger partial charge on any atom is -0.494 e. The molecule has 0 bridgehead atoms. The number of carbonyl (C=O) groups excluding carboxylic acids is 1. The van der Waals surface area contributed by atoms with Gasteiger partial charge in [0.25, 0.3) is 0 Å². The predicted octanol–water partition coefficient (Wildman–Crippen LogP) is 4.67. The van der Waals surface area contributed by atoms with Crippen LogP contribution in [0.1, 0.15) is 43.7 Å². The SMILES string of the molecule is CCOc1ccc(CCC(=O)N(Cc2ccsc2)C2CC23CCNCC3)cc1.Cl. The van der Waals surface area contributed by atoms with Gasteiger partial charge in [0.05, 0.1) is 6.61 Å². The van der Waals surface area contributed by atoms with E-state index in [-0.39, 0.29) is 12.4 Å². The number of rotatable bonds is 8. The molecule has 1 aliphatic heterocycles. The van der Waals surface area contributed by atoms with Crippen molar-refractivity contribution in [2.24, 2.45) is 5.41 Å². The number of nitrogens with zero attached hydrogens (tertiary/aromatic N) is 1. The lowest BCUT2D eigenvalue weighted by Crippen LogP contribution is -2.39. The van der Waals surface area contributed by atoms with Crippen LogP contribution in [0.3, 0.4) is 0 Å². The molecule has 1 spiro atoms. The van der Waals surface area contributed by atoms with Crippen molar-refractivity contribution in [3.8, 4) is 5.75 Å².